The third kappa shape index (κ3) is 6.10. The van der Waals surface area contributed by atoms with Crippen molar-refractivity contribution in [2.75, 3.05) is 6.54 Å². The Morgan fingerprint density at radius 3 is 2.62 bits per heavy atom. The first-order valence-electron chi connectivity index (χ1n) is 4.33. The van der Waals surface area contributed by atoms with Crippen molar-refractivity contribution in [3.63, 3.8) is 0 Å². The molecule has 0 aliphatic rings. The zero-order valence-electron chi connectivity index (χ0n) is 7.75. The maximum Gasteiger partial charge on any atom is 0.322 e. The van der Waals surface area contributed by atoms with E-state index in [1.165, 1.54) is 0 Å². The number of aliphatic carboxylic acids is 1. The van der Waals surface area contributed by atoms with Crippen LogP contribution >= 0.6 is 0 Å². The van der Waals surface area contributed by atoms with Crippen molar-refractivity contribution in [3.8, 4) is 0 Å². The van der Waals surface area contributed by atoms with Crippen LogP contribution in [0.15, 0.2) is 0 Å². The molecule has 1 unspecified atom stereocenters. The van der Waals surface area contributed by atoms with Crippen LogP contribution in [-0.2, 0) is 9.59 Å². The average Bonchev–Trinajstić information content (AvgIpc) is 2.10. The van der Waals surface area contributed by atoms with E-state index >= 15 is 0 Å². The first kappa shape index (κ1) is 11.9. The molecule has 0 spiro atoms. The number of carbonyl (C=O) groups is 2. The van der Waals surface area contributed by atoms with Gasteiger partial charge in [-0.1, -0.05) is 19.8 Å². The largest absolute Gasteiger partial charge is 0.480 e. The molecular formula is C8H16N2O3. The maximum absolute atomic E-state index is 11.1. The molecule has 0 fully saturated rings. The molecule has 76 valence electrons. The first-order valence-corrected chi connectivity index (χ1v) is 4.33. The van der Waals surface area contributed by atoms with E-state index in [9.17, 15) is 9.59 Å². The molecule has 0 aromatic rings. The number of hydrogen-bond donors (Lipinski definition) is 3. The Kier molecular flexibility index (Phi) is 5.88. The second-order valence-electron chi connectivity index (χ2n) is 2.86. The summed E-state index contributed by atoms with van der Waals surface area (Å²) >= 11 is 0. The molecule has 13 heavy (non-hydrogen) atoms. The van der Waals surface area contributed by atoms with Gasteiger partial charge in [-0.25, -0.2) is 0 Å². The van der Waals surface area contributed by atoms with Gasteiger partial charge in [-0.05, 0) is 6.42 Å². The number of nitrogens with two attached hydrogens (primary N) is 1. The van der Waals surface area contributed by atoms with Crippen molar-refractivity contribution >= 4 is 11.9 Å². The van der Waals surface area contributed by atoms with E-state index in [4.69, 9.17) is 10.8 Å². The van der Waals surface area contributed by atoms with Crippen LogP contribution in [0.4, 0.5) is 0 Å². The van der Waals surface area contributed by atoms with E-state index < -0.39 is 17.9 Å². The number of carboxylic acid groups (broad SMARTS) is 1. The molecule has 0 rings (SSSR count). The normalized spacial score (nSPS) is 12.2. The minimum atomic E-state index is -1.06. The van der Waals surface area contributed by atoms with Crippen molar-refractivity contribution < 1.29 is 14.7 Å². The lowest BCUT2D eigenvalue weighted by molar-refractivity contribution is -0.138. The molecular weight excluding hydrogens is 172 g/mol. The average molecular weight is 188 g/mol. The molecule has 0 saturated carbocycles. The Morgan fingerprint density at radius 2 is 2.15 bits per heavy atom. The van der Waals surface area contributed by atoms with Crippen molar-refractivity contribution in [1.82, 2.24) is 5.32 Å². The summed E-state index contributed by atoms with van der Waals surface area (Å²) in [5.41, 5.74) is 5.48. The van der Waals surface area contributed by atoms with Crippen LogP contribution in [0.3, 0.4) is 0 Å². The smallest absolute Gasteiger partial charge is 0.322 e. The Morgan fingerprint density at radius 1 is 1.54 bits per heavy atom. The SMILES string of the molecule is CCCCC(N)C(=O)NCC(=O)O. The van der Waals surface area contributed by atoms with Crippen molar-refractivity contribution in [2.45, 2.75) is 32.2 Å². The Hall–Kier alpha value is -1.10. The summed E-state index contributed by atoms with van der Waals surface area (Å²) in [6.45, 7) is 1.64. The van der Waals surface area contributed by atoms with Crippen LogP contribution in [0.2, 0.25) is 0 Å². The highest BCUT2D eigenvalue weighted by atomic mass is 16.4. The topological polar surface area (TPSA) is 92.4 Å². The lowest BCUT2D eigenvalue weighted by atomic mass is 10.1. The molecule has 1 atom stereocenters. The van der Waals surface area contributed by atoms with Gasteiger partial charge in [0.25, 0.3) is 0 Å². The van der Waals surface area contributed by atoms with Crippen LogP contribution in [-0.4, -0.2) is 29.6 Å². The molecule has 5 nitrogen and oxygen atoms in total. The van der Waals surface area contributed by atoms with Gasteiger partial charge in [-0.15, -0.1) is 0 Å². The van der Waals surface area contributed by atoms with E-state index in [0.717, 1.165) is 12.8 Å². The van der Waals surface area contributed by atoms with Crippen molar-refractivity contribution in [1.29, 1.82) is 0 Å². The number of unbranched alkanes of at least 4 members (excludes halogenated alkanes) is 1. The first-order chi connectivity index (χ1) is 6.07. The molecule has 0 aromatic heterocycles. The fraction of sp³-hybridized carbons (Fsp3) is 0.750. The van der Waals surface area contributed by atoms with Gasteiger partial charge in [0.1, 0.15) is 6.54 Å². The van der Waals surface area contributed by atoms with E-state index in [1.807, 2.05) is 6.92 Å². The fourth-order valence-electron chi connectivity index (χ4n) is 0.849. The molecule has 1 amide bonds. The number of rotatable bonds is 6. The quantitative estimate of drug-likeness (QED) is 0.533. The minimum Gasteiger partial charge on any atom is -0.480 e. The Labute approximate surface area is 77.3 Å². The van der Waals surface area contributed by atoms with E-state index in [-0.39, 0.29) is 6.54 Å². The Bertz CT molecular complexity index is 182. The van der Waals surface area contributed by atoms with Gasteiger partial charge in [-0.2, -0.15) is 0 Å². The van der Waals surface area contributed by atoms with E-state index in [2.05, 4.69) is 5.32 Å². The zero-order chi connectivity index (χ0) is 10.3. The molecule has 0 heterocycles. The summed E-state index contributed by atoms with van der Waals surface area (Å²) in [6.07, 6.45) is 2.45. The fourth-order valence-corrected chi connectivity index (χ4v) is 0.849. The van der Waals surface area contributed by atoms with E-state index in [1.54, 1.807) is 0 Å². The summed E-state index contributed by atoms with van der Waals surface area (Å²) in [6, 6.07) is -0.584. The van der Waals surface area contributed by atoms with Crippen LogP contribution in [0.1, 0.15) is 26.2 Å². The maximum atomic E-state index is 11.1. The lowest BCUT2D eigenvalue weighted by Gasteiger charge is -2.09. The van der Waals surface area contributed by atoms with Gasteiger partial charge in [0, 0.05) is 0 Å². The van der Waals surface area contributed by atoms with Crippen LogP contribution in [0.25, 0.3) is 0 Å². The Balaban J connectivity index is 3.63. The second-order valence-corrected chi connectivity index (χ2v) is 2.86. The summed E-state index contributed by atoms with van der Waals surface area (Å²) in [5, 5.41) is 10.5. The monoisotopic (exact) mass is 188 g/mol. The van der Waals surface area contributed by atoms with Crippen LogP contribution in [0, 0.1) is 0 Å². The molecule has 0 bridgehead atoms. The van der Waals surface area contributed by atoms with Gasteiger partial charge in [0.05, 0.1) is 6.04 Å². The van der Waals surface area contributed by atoms with Gasteiger partial charge in [-0.3, -0.25) is 9.59 Å². The summed E-state index contributed by atoms with van der Waals surface area (Å²) in [7, 11) is 0. The highest BCUT2D eigenvalue weighted by molar-refractivity contribution is 5.84. The number of carbonyl (C=O) groups excluding carboxylic acids is 1. The summed E-state index contributed by atoms with van der Waals surface area (Å²) < 4.78 is 0. The summed E-state index contributed by atoms with van der Waals surface area (Å²) in [5.74, 6) is -1.45. The third-order valence-electron chi connectivity index (χ3n) is 1.62. The van der Waals surface area contributed by atoms with Crippen molar-refractivity contribution in [3.05, 3.63) is 0 Å². The van der Waals surface area contributed by atoms with Crippen LogP contribution < -0.4 is 11.1 Å². The molecule has 0 aromatic carbocycles. The highest BCUT2D eigenvalue weighted by Crippen LogP contribution is 1.97. The predicted molar refractivity (Wildman–Crippen MR) is 48.1 cm³/mol. The van der Waals surface area contributed by atoms with Gasteiger partial charge in [0.15, 0.2) is 0 Å². The zero-order valence-corrected chi connectivity index (χ0v) is 7.75. The highest BCUT2D eigenvalue weighted by Gasteiger charge is 2.12. The molecule has 0 aliphatic carbocycles. The molecule has 0 saturated heterocycles. The number of hydrogen-bond acceptors (Lipinski definition) is 3. The molecule has 0 radical (unpaired) electrons. The third-order valence-corrected chi connectivity index (χ3v) is 1.62. The van der Waals surface area contributed by atoms with Gasteiger partial charge < -0.3 is 16.2 Å². The van der Waals surface area contributed by atoms with Crippen LogP contribution in [0.5, 0.6) is 0 Å². The number of nitrogens with one attached hydrogen (secondary N) is 1. The minimum absolute atomic E-state index is 0.362. The van der Waals surface area contributed by atoms with Gasteiger partial charge >= 0.3 is 5.97 Å². The lowest BCUT2D eigenvalue weighted by Crippen LogP contribution is -2.42. The number of carboxylic acids is 1. The standard InChI is InChI=1S/C8H16N2O3/c1-2-3-4-6(9)8(13)10-5-7(11)12/h6H,2-5,9H2,1H3,(H,10,13)(H,11,12). The molecule has 4 N–H and O–H groups in total. The van der Waals surface area contributed by atoms with Gasteiger partial charge in [0.2, 0.25) is 5.91 Å². The predicted octanol–water partition coefficient (Wildman–Crippen LogP) is -0.295. The number of amides is 1. The van der Waals surface area contributed by atoms with E-state index in [0.29, 0.717) is 6.42 Å². The molecule has 0 aliphatic heterocycles. The summed E-state index contributed by atoms with van der Waals surface area (Å²) in [4.78, 5) is 21.1. The molecule has 5 heteroatoms. The van der Waals surface area contributed by atoms with Crippen molar-refractivity contribution in [2.24, 2.45) is 5.73 Å². The second kappa shape index (κ2) is 6.42.